The molecule has 25 heavy (non-hydrogen) atoms. The number of piperazine rings is 1. The number of nitrogens with zero attached hydrogens (tertiary/aromatic N) is 2. The number of anilines is 1. The number of benzene rings is 1. The highest BCUT2D eigenvalue weighted by Crippen LogP contribution is 2.34. The van der Waals surface area contributed by atoms with E-state index in [1.807, 2.05) is 18.2 Å². The maximum atomic E-state index is 12.3. The highest BCUT2D eigenvalue weighted by atomic mass is 16.7. The van der Waals surface area contributed by atoms with Crippen molar-refractivity contribution in [3.05, 3.63) is 18.2 Å². The molecule has 1 saturated heterocycles. The minimum atomic E-state index is -0.306. The van der Waals surface area contributed by atoms with Gasteiger partial charge >= 0.3 is 6.09 Å². The predicted molar refractivity (Wildman–Crippen MR) is 90.8 cm³/mol. The van der Waals surface area contributed by atoms with Crippen molar-refractivity contribution in [1.29, 1.82) is 0 Å². The Morgan fingerprint density at radius 1 is 1.12 bits per heavy atom. The zero-order chi connectivity index (χ0) is 17.6. The lowest BCUT2D eigenvalue weighted by Gasteiger charge is -2.34. The smallest absolute Gasteiger partial charge is 0.409 e. The molecular weight excluding hydrogens is 326 g/mol. The van der Waals surface area contributed by atoms with Gasteiger partial charge in [0.05, 0.1) is 6.61 Å². The van der Waals surface area contributed by atoms with Crippen LogP contribution < -0.4 is 14.8 Å². The van der Waals surface area contributed by atoms with E-state index in [4.69, 9.17) is 14.2 Å². The molecule has 8 heteroatoms. The van der Waals surface area contributed by atoms with E-state index in [0.29, 0.717) is 51.5 Å². The van der Waals surface area contributed by atoms with Gasteiger partial charge in [-0.3, -0.25) is 4.79 Å². The first-order valence-electron chi connectivity index (χ1n) is 8.50. The molecule has 0 unspecified atom stereocenters. The van der Waals surface area contributed by atoms with Gasteiger partial charge in [-0.1, -0.05) is 0 Å². The topological polar surface area (TPSA) is 80.3 Å². The standard InChI is InChI=1S/C17H23N3O5/c1-2-23-17(22)20-9-7-19(8-10-20)16(21)5-6-18-13-3-4-14-15(11-13)25-12-24-14/h3-4,11,18H,2,5-10,12H2,1H3. The zero-order valence-electron chi connectivity index (χ0n) is 14.3. The number of ether oxygens (including phenoxy) is 3. The van der Waals surface area contributed by atoms with Crippen molar-refractivity contribution in [2.75, 3.05) is 51.4 Å². The summed E-state index contributed by atoms with van der Waals surface area (Å²) in [6.07, 6.45) is 0.0903. The van der Waals surface area contributed by atoms with Crippen LogP contribution in [0.15, 0.2) is 18.2 Å². The number of nitrogens with one attached hydrogen (secondary N) is 1. The third kappa shape index (κ3) is 4.26. The molecule has 0 saturated carbocycles. The first kappa shape index (κ1) is 17.2. The predicted octanol–water partition coefficient (Wildman–Crippen LogP) is 1.52. The minimum absolute atomic E-state index is 0.0803. The van der Waals surface area contributed by atoms with Gasteiger partial charge in [-0.25, -0.2) is 4.79 Å². The maximum absolute atomic E-state index is 12.3. The van der Waals surface area contributed by atoms with Gasteiger partial charge in [0.1, 0.15) is 0 Å². The molecule has 136 valence electrons. The lowest BCUT2D eigenvalue weighted by atomic mass is 10.2. The van der Waals surface area contributed by atoms with Gasteiger partial charge in [0.2, 0.25) is 12.7 Å². The van der Waals surface area contributed by atoms with E-state index in [0.717, 1.165) is 11.4 Å². The van der Waals surface area contributed by atoms with Gasteiger partial charge in [-0.05, 0) is 19.1 Å². The van der Waals surface area contributed by atoms with E-state index in [1.165, 1.54) is 0 Å². The molecule has 1 aromatic carbocycles. The fourth-order valence-corrected chi connectivity index (χ4v) is 2.83. The summed E-state index contributed by atoms with van der Waals surface area (Å²) >= 11 is 0. The van der Waals surface area contributed by atoms with Gasteiger partial charge in [0.15, 0.2) is 11.5 Å². The van der Waals surface area contributed by atoms with E-state index in [1.54, 1.807) is 16.7 Å². The van der Waals surface area contributed by atoms with Crippen molar-refractivity contribution >= 4 is 17.7 Å². The van der Waals surface area contributed by atoms with E-state index >= 15 is 0 Å². The zero-order valence-corrected chi connectivity index (χ0v) is 14.3. The molecule has 0 atom stereocenters. The highest BCUT2D eigenvalue weighted by molar-refractivity contribution is 5.77. The molecule has 2 amide bonds. The van der Waals surface area contributed by atoms with Crippen LogP contribution in [-0.4, -0.2) is 67.9 Å². The Kier molecular flexibility index (Phi) is 5.47. The van der Waals surface area contributed by atoms with Crippen LogP contribution in [0.2, 0.25) is 0 Å². The van der Waals surface area contributed by atoms with Crippen LogP contribution in [0.25, 0.3) is 0 Å². The average Bonchev–Trinajstić information content (AvgIpc) is 3.10. The van der Waals surface area contributed by atoms with Crippen molar-refractivity contribution in [3.8, 4) is 11.5 Å². The molecular formula is C17H23N3O5. The Balaban J connectivity index is 1.39. The van der Waals surface area contributed by atoms with Gasteiger partial charge < -0.3 is 29.3 Å². The largest absolute Gasteiger partial charge is 0.454 e. The van der Waals surface area contributed by atoms with Crippen LogP contribution >= 0.6 is 0 Å². The second-order valence-electron chi connectivity index (χ2n) is 5.81. The second kappa shape index (κ2) is 7.96. The normalized spacial score (nSPS) is 15.9. The van der Waals surface area contributed by atoms with Crippen molar-refractivity contribution in [2.45, 2.75) is 13.3 Å². The molecule has 0 aromatic heterocycles. The quantitative estimate of drug-likeness (QED) is 0.868. The fraction of sp³-hybridized carbons (Fsp3) is 0.529. The Labute approximate surface area is 146 Å². The third-order valence-electron chi connectivity index (χ3n) is 4.20. The number of fused-ring (bicyclic) bond motifs is 1. The maximum Gasteiger partial charge on any atom is 0.409 e. The molecule has 2 heterocycles. The Hall–Kier alpha value is -2.64. The molecule has 2 aliphatic rings. The summed E-state index contributed by atoms with van der Waals surface area (Å²) in [5.74, 6) is 1.53. The lowest BCUT2D eigenvalue weighted by Crippen LogP contribution is -2.50. The summed E-state index contributed by atoms with van der Waals surface area (Å²) in [7, 11) is 0. The number of amides is 2. The van der Waals surface area contributed by atoms with Crippen LogP contribution in [-0.2, 0) is 9.53 Å². The highest BCUT2D eigenvalue weighted by Gasteiger charge is 2.24. The second-order valence-corrected chi connectivity index (χ2v) is 5.81. The lowest BCUT2D eigenvalue weighted by molar-refractivity contribution is -0.132. The molecule has 0 spiro atoms. The van der Waals surface area contributed by atoms with Gasteiger partial charge in [-0.15, -0.1) is 0 Å². The minimum Gasteiger partial charge on any atom is -0.454 e. The Morgan fingerprint density at radius 3 is 2.60 bits per heavy atom. The summed E-state index contributed by atoms with van der Waals surface area (Å²) in [5, 5.41) is 3.22. The van der Waals surface area contributed by atoms with Crippen molar-refractivity contribution in [2.24, 2.45) is 0 Å². The van der Waals surface area contributed by atoms with Gasteiger partial charge in [0.25, 0.3) is 0 Å². The van der Waals surface area contributed by atoms with Crippen LogP contribution in [0.3, 0.4) is 0 Å². The fourth-order valence-electron chi connectivity index (χ4n) is 2.83. The molecule has 2 aliphatic heterocycles. The van der Waals surface area contributed by atoms with E-state index in [2.05, 4.69) is 5.32 Å². The summed E-state index contributed by atoms with van der Waals surface area (Å²) in [6.45, 7) is 5.05. The molecule has 8 nitrogen and oxygen atoms in total. The van der Waals surface area contributed by atoms with E-state index < -0.39 is 0 Å². The molecule has 1 N–H and O–H groups in total. The number of hydrogen-bond acceptors (Lipinski definition) is 6. The summed E-state index contributed by atoms with van der Waals surface area (Å²) in [6, 6.07) is 5.61. The van der Waals surface area contributed by atoms with E-state index in [9.17, 15) is 9.59 Å². The molecule has 0 radical (unpaired) electrons. The number of rotatable bonds is 5. The SMILES string of the molecule is CCOC(=O)N1CCN(C(=O)CCNc2ccc3c(c2)OCO3)CC1. The van der Waals surface area contributed by atoms with Crippen LogP contribution in [0.1, 0.15) is 13.3 Å². The Bertz CT molecular complexity index is 629. The Morgan fingerprint density at radius 2 is 1.84 bits per heavy atom. The average molecular weight is 349 g/mol. The third-order valence-corrected chi connectivity index (χ3v) is 4.20. The molecule has 3 rings (SSSR count). The van der Waals surface area contributed by atoms with Crippen LogP contribution in [0.5, 0.6) is 11.5 Å². The summed E-state index contributed by atoms with van der Waals surface area (Å²) in [4.78, 5) is 27.4. The number of hydrogen-bond donors (Lipinski definition) is 1. The molecule has 0 aliphatic carbocycles. The van der Waals surface area contributed by atoms with E-state index in [-0.39, 0.29) is 18.8 Å². The summed E-state index contributed by atoms with van der Waals surface area (Å²) in [5.41, 5.74) is 0.893. The summed E-state index contributed by atoms with van der Waals surface area (Å²) < 4.78 is 15.6. The van der Waals surface area contributed by atoms with Crippen molar-refractivity contribution in [1.82, 2.24) is 9.80 Å². The molecule has 1 fully saturated rings. The molecule has 0 bridgehead atoms. The monoisotopic (exact) mass is 349 g/mol. The first-order valence-corrected chi connectivity index (χ1v) is 8.50. The number of carbonyl (C=O) groups excluding carboxylic acids is 2. The van der Waals surface area contributed by atoms with Crippen LogP contribution in [0.4, 0.5) is 10.5 Å². The van der Waals surface area contributed by atoms with Crippen molar-refractivity contribution < 1.29 is 23.8 Å². The first-order chi connectivity index (χ1) is 12.2. The van der Waals surface area contributed by atoms with Gasteiger partial charge in [0, 0.05) is 50.9 Å². The van der Waals surface area contributed by atoms with Gasteiger partial charge in [-0.2, -0.15) is 0 Å². The molecule has 1 aromatic rings. The van der Waals surface area contributed by atoms with Crippen LogP contribution in [0, 0.1) is 0 Å². The van der Waals surface area contributed by atoms with Crippen molar-refractivity contribution in [3.63, 3.8) is 0 Å². The number of carbonyl (C=O) groups is 2.